The van der Waals surface area contributed by atoms with Crippen molar-refractivity contribution in [1.82, 2.24) is 4.90 Å². The SMILES string of the molecule is COC(=O)[C@H](CCC(N)=O)N(C)Cc1ccccc1. The van der Waals surface area contributed by atoms with E-state index in [0.717, 1.165) is 5.56 Å². The fourth-order valence-corrected chi connectivity index (χ4v) is 1.91. The zero-order valence-electron chi connectivity index (χ0n) is 11.3. The van der Waals surface area contributed by atoms with Gasteiger partial charge in [-0.05, 0) is 19.0 Å². The first kappa shape index (κ1) is 15.2. The Balaban J connectivity index is 2.68. The van der Waals surface area contributed by atoms with Crippen LogP contribution in [-0.2, 0) is 20.9 Å². The molecule has 19 heavy (non-hydrogen) atoms. The lowest BCUT2D eigenvalue weighted by molar-refractivity contribution is -0.147. The minimum absolute atomic E-state index is 0.166. The van der Waals surface area contributed by atoms with Gasteiger partial charge in [0, 0.05) is 13.0 Å². The van der Waals surface area contributed by atoms with Gasteiger partial charge in [-0.25, -0.2) is 0 Å². The molecule has 1 rings (SSSR count). The van der Waals surface area contributed by atoms with Crippen molar-refractivity contribution in [2.75, 3.05) is 14.2 Å². The van der Waals surface area contributed by atoms with Crippen LogP contribution in [0, 0.1) is 0 Å². The molecule has 0 aliphatic rings. The molecule has 104 valence electrons. The van der Waals surface area contributed by atoms with Gasteiger partial charge in [-0.1, -0.05) is 30.3 Å². The summed E-state index contributed by atoms with van der Waals surface area (Å²) in [5, 5.41) is 0. The fraction of sp³-hybridized carbons (Fsp3) is 0.429. The minimum Gasteiger partial charge on any atom is -0.468 e. The molecule has 0 saturated heterocycles. The highest BCUT2D eigenvalue weighted by Gasteiger charge is 2.24. The molecule has 0 heterocycles. The molecular formula is C14H20N2O3. The van der Waals surface area contributed by atoms with Crippen LogP contribution in [0.2, 0.25) is 0 Å². The lowest BCUT2D eigenvalue weighted by Crippen LogP contribution is -2.39. The first-order chi connectivity index (χ1) is 9.04. The van der Waals surface area contributed by atoms with Crippen molar-refractivity contribution < 1.29 is 14.3 Å². The number of nitrogens with two attached hydrogens (primary N) is 1. The van der Waals surface area contributed by atoms with E-state index in [-0.39, 0.29) is 12.4 Å². The monoisotopic (exact) mass is 264 g/mol. The second-order valence-electron chi connectivity index (χ2n) is 4.44. The van der Waals surface area contributed by atoms with E-state index in [2.05, 4.69) is 0 Å². The molecule has 1 amide bonds. The van der Waals surface area contributed by atoms with Crippen LogP contribution in [0.3, 0.4) is 0 Å². The summed E-state index contributed by atoms with van der Waals surface area (Å²) >= 11 is 0. The minimum atomic E-state index is -0.460. The molecule has 0 aliphatic carbocycles. The zero-order chi connectivity index (χ0) is 14.3. The molecule has 0 radical (unpaired) electrons. The summed E-state index contributed by atoms with van der Waals surface area (Å²) in [5.41, 5.74) is 6.22. The maximum absolute atomic E-state index is 11.7. The van der Waals surface area contributed by atoms with Gasteiger partial charge in [0.05, 0.1) is 7.11 Å². The molecular weight excluding hydrogens is 244 g/mol. The third-order valence-electron chi connectivity index (χ3n) is 2.94. The van der Waals surface area contributed by atoms with Crippen LogP contribution in [0.1, 0.15) is 18.4 Å². The lowest BCUT2D eigenvalue weighted by Gasteiger charge is -2.25. The molecule has 5 nitrogen and oxygen atoms in total. The topological polar surface area (TPSA) is 72.6 Å². The number of hydrogen-bond acceptors (Lipinski definition) is 4. The van der Waals surface area contributed by atoms with Crippen LogP contribution >= 0.6 is 0 Å². The Labute approximate surface area is 113 Å². The summed E-state index contributed by atoms with van der Waals surface area (Å²) in [6.45, 7) is 0.610. The summed E-state index contributed by atoms with van der Waals surface area (Å²) in [4.78, 5) is 24.5. The molecule has 0 unspecified atom stereocenters. The number of carbonyl (C=O) groups excluding carboxylic acids is 2. The highest BCUT2D eigenvalue weighted by molar-refractivity contribution is 5.78. The van der Waals surface area contributed by atoms with Gasteiger partial charge < -0.3 is 10.5 Å². The number of benzene rings is 1. The van der Waals surface area contributed by atoms with E-state index in [1.54, 1.807) is 0 Å². The van der Waals surface area contributed by atoms with Crippen LogP contribution in [-0.4, -0.2) is 37.0 Å². The van der Waals surface area contributed by atoms with Gasteiger partial charge in [-0.15, -0.1) is 0 Å². The van der Waals surface area contributed by atoms with E-state index in [1.807, 2.05) is 42.3 Å². The van der Waals surface area contributed by atoms with E-state index < -0.39 is 11.9 Å². The van der Waals surface area contributed by atoms with Gasteiger partial charge in [0.15, 0.2) is 0 Å². The number of primary amides is 1. The number of ether oxygens (including phenoxy) is 1. The van der Waals surface area contributed by atoms with Crippen LogP contribution in [0.5, 0.6) is 0 Å². The standard InChI is InChI=1S/C14H20N2O3/c1-16(10-11-6-4-3-5-7-11)12(14(18)19-2)8-9-13(15)17/h3-7,12H,8-10H2,1-2H3,(H2,15,17)/t12-/m0/s1. The van der Waals surface area contributed by atoms with Crippen molar-refractivity contribution in [3.63, 3.8) is 0 Å². The predicted molar refractivity (Wildman–Crippen MR) is 72.1 cm³/mol. The summed E-state index contributed by atoms with van der Waals surface area (Å²) in [7, 11) is 3.17. The van der Waals surface area contributed by atoms with Crippen molar-refractivity contribution in [2.45, 2.75) is 25.4 Å². The third-order valence-corrected chi connectivity index (χ3v) is 2.94. The van der Waals surface area contributed by atoms with Gasteiger partial charge in [0.2, 0.25) is 5.91 Å². The Kier molecular flexibility index (Phi) is 6.02. The van der Waals surface area contributed by atoms with Gasteiger partial charge >= 0.3 is 5.97 Å². The van der Waals surface area contributed by atoms with Crippen molar-refractivity contribution >= 4 is 11.9 Å². The van der Waals surface area contributed by atoms with Crippen LogP contribution in [0.25, 0.3) is 0 Å². The Morgan fingerprint density at radius 3 is 2.47 bits per heavy atom. The summed E-state index contributed by atoms with van der Waals surface area (Å²) in [6.07, 6.45) is 0.532. The first-order valence-corrected chi connectivity index (χ1v) is 6.15. The quantitative estimate of drug-likeness (QED) is 0.743. The van der Waals surface area contributed by atoms with Gasteiger partial charge in [-0.3, -0.25) is 14.5 Å². The number of carbonyl (C=O) groups is 2. The van der Waals surface area contributed by atoms with Crippen molar-refractivity contribution in [1.29, 1.82) is 0 Å². The van der Waals surface area contributed by atoms with E-state index in [0.29, 0.717) is 13.0 Å². The molecule has 0 aliphatic heterocycles. The average Bonchev–Trinajstić information content (AvgIpc) is 2.39. The number of methoxy groups -OCH3 is 1. The van der Waals surface area contributed by atoms with Gasteiger partial charge in [-0.2, -0.15) is 0 Å². The van der Waals surface area contributed by atoms with E-state index in [4.69, 9.17) is 10.5 Å². The fourth-order valence-electron chi connectivity index (χ4n) is 1.91. The van der Waals surface area contributed by atoms with E-state index >= 15 is 0 Å². The van der Waals surface area contributed by atoms with E-state index in [1.165, 1.54) is 7.11 Å². The molecule has 0 aromatic heterocycles. The van der Waals surface area contributed by atoms with Gasteiger partial charge in [0.25, 0.3) is 0 Å². The number of amides is 1. The maximum Gasteiger partial charge on any atom is 0.323 e. The first-order valence-electron chi connectivity index (χ1n) is 6.15. The molecule has 0 bridgehead atoms. The molecule has 1 aromatic carbocycles. The highest BCUT2D eigenvalue weighted by Crippen LogP contribution is 2.11. The maximum atomic E-state index is 11.7. The largest absolute Gasteiger partial charge is 0.468 e. The van der Waals surface area contributed by atoms with Crippen LogP contribution in [0.15, 0.2) is 30.3 Å². The van der Waals surface area contributed by atoms with E-state index in [9.17, 15) is 9.59 Å². The second-order valence-corrected chi connectivity index (χ2v) is 4.44. The molecule has 2 N–H and O–H groups in total. The summed E-state index contributed by atoms with van der Waals surface area (Å²) in [6, 6.07) is 9.34. The van der Waals surface area contributed by atoms with Crippen LogP contribution < -0.4 is 5.73 Å². The Hall–Kier alpha value is -1.88. The summed E-state index contributed by atoms with van der Waals surface area (Å²) < 4.78 is 4.77. The summed E-state index contributed by atoms with van der Waals surface area (Å²) in [5.74, 6) is -0.762. The Morgan fingerprint density at radius 1 is 1.32 bits per heavy atom. The number of nitrogens with zero attached hydrogens (tertiary/aromatic N) is 1. The Bertz CT molecular complexity index is 420. The third kappa shape index (κ3) is 5.09. The number of rotatable bonds is 7. The zero-order valence-corrected chi connectivity index (χ0v) is 11.3. The molecule has 1 atom stereocenters. The molecule has 0 fully saturated rings. The van der Waals surface area contributed by atoms with Crippen LogP contribution in [0.4, 0.5) is 0 Å². The normalized spacial score (nSPS) is 12.2. The van der Waals surface area contributed by atoms with Crippen molar-refractivity contribution in [3.05, 3.63) is 35.9 Å². The molecule has 1 aromatic rings. The van der Waals surface area contributed by atoms with Crippen molar-refractivity contribution in [3.8, 4) is 0 Å². The predicted octanol–water partition coefficient (Wildman–Crippen LogP) is 0.925. The Morgan fingerprint density at radius 2 is 1.95 bits per heavy atom. The highest BCUT2D eigenvalue weighted by atomic mass is 16.5. The lowest BCUT2D eigenvalue weighted by atomic mass is 10.1. The second kappa shape index (κ2) is 7.53. The molecule has 5 heteroatoms. The number of likely N-dealkylation sites (N-methyl/N-ethyl adjacent to an activating group) is 1. The van der Waals surface area contributed by atoms with Gasteiger partial charge in [0.1, 0.15) is 6.04 Å². The molecule has 0 spiro atoms. The van der Waals surface area contributed by atoms with Crippen molar-refractivity contribution in [2.24, 2.45) is 5.73 Å². The average molecular weight is 264 g/mol. The number of esters is 1. The smallest absolute Gasteiger partial charge is 0.323 e. The number of hydrogen-bond donors (Lipinski definition) is 1. The molecule has 0 saturated carbocycles.